The lowest BCUT2D eigenvalue weighted by atomic mass is 9.92. The Balaban J connectivity index is 1.87. The number of hydrogen-bond acceptors (Lipinski definition) is 3. The van der Waals surface area contributed by atoms with Gasteiger partial charge in [0.25, 0.3) is 0 Å². The maximum atomic E-state index is 11.1. The zero-order valence-corrected chi connectivity index (χ0v) is 12.4. The molecule has 106 valence electrons. The molecule has 1 heterocycles. The van der Waals surface area contributed by atoms with E-state index < -0.39 is 9.84 Å². The predicted molar refractivity (Wildman–Crippen MR) is 79.2 cm³/mol. The molecule has 0 aromatic heterocycles. The van der Waals surface area contributed by atoms with Crippen molar-refractivity contribution in [3.8, 4) is 0 Å². The normalized spacial score (nSPS) is 20.4. The Hall–Kier alpha value is -0.870. The van der Waals surface area contributed by atoms with E-state index >= 15 is 0 Å². The van der Waals surface area contributed by atoms with Gasteiger partial charge in [0, 0.05) is 6.26 Å². The van der Waals surface area contributed by atoms with E-state index in [1.54, 1.807) is 0 Å². The van der Waals surface area contributed by atoms with Gasteiger partial charge in [-0.15, -0.1) is 0 Å². The molecular weight excluding hydrogens is 258 g/mol. The van der Waals surface area contributed by atoms with Gasteiger partial charge < -0.3 is 5.32 Å². The van der Waals surface area contributed by atoms with Crippen LogP contribution in [-0.2, 0) is 22.7 Å². The van der Waals surface area contributed by atoms with Crippen LogP contribution in [-0.4, -0.2) is 33.5 Å². The third-order valence-electron chi connectivity index (χ3n) is 3.71. The summed E-state index contributed by atoms with van der Waals surface area (Å²) in [6.07, 6.45) is 5.61. The Kier molecular flexibility index (Phi) is 4.99. The molecule has 2 rings (SSSR count). The first-order valence-corrected chi connectivity index (χ1v) is 9.05. The Morgan fingerprint density at radius 2 is 1.89 bits per heavy atom. The molecule has 1 aliphatic rings. The van der Waals surface area contributed by atoms with E-state index in [4.69, 9.17) is 0 Å². The summed E-state index contributed by atoms with van der Waals surface area (Å²) in [5.74, 6) is 0.981. The van der Waals surface area contributed by atoms with Crippen LogP contribution < -0.4 is 5.32 Å². The zero-order chi connectivity index (χ0) is 13.7. The van der Waals surface area contributed by atoms with Crippen molar-refractivity contribution in [2.45, 2.75) is 25.7 Å². The fourth-order valence-electron chi connectivity index (χ4n) is 2.58. The molecule has 4 heteroatoms. The predicted octanol–water partition coefficient (Wildman–Crippen LogP) is 1.82. The standard InChI is InChI=1S/C15H23NO2S/c1-19(17,18)10-8-13-4-6-14(7-5-13)11-15-3-2-9-16-12-15/h4-7,15-16H,2-3,8-12H2,1H3. The topological polar surface area (TPSA) is 46.2 Å². The molecule has 1 aliphatic heterocycles. The molecule has 0 saturated carbocycles. The van der Waals surface area contributed by atoms with Crippen LogP contribution in [0.5, 0.6) is 0 Å². The van der Waals surface area contributed by atoms with Crippen molar-refractivity contribution in [3.63, 3.8) is 0 Å². The second-order valence-electron chi connectivity index (χ2n) is 5.61. The summed E-state index contributed by atoms with van der Waals surface area (Å²) >= 11 is 0. The van der Waals surface area contributed by atoms with Crippen molar-refractivity contribution in [1.82, 2.24) is 5.32 Å². The van der Waals surface area contributed by atoms with E-state index in [1.165, 1.54) is 24.7 Å². The van der Waals surface area contributed by atoms with E-state index in [1.807, 2.05) is 0 Å². The summed E-state index contributed by atoms with van der Waals surface area (Å²) in [6, 6.07) is 8.42. The van der Waals surface area contributed by atoms with E-state index in [2.05, 4.69) is 29.6 Å². The first kappa shape index (κ1) is 14.5. The molecule has 1 aromatic carbocycles. The van der Waals surface area contributed by atoms with Gasteiger partial charge in [0.2, 0.25) is 0 Å². The maximum Gasteiger partial charge on any atom is 0.147 e. The lowest BCUT2D eigenvalue weighted by Crippen LogP contribution is -2.30. The molecule has 1 atom stereocenters. The van der Waals surface area contributed by atoms with Crippen LogP contribution in [0.25, 0.3) is 0 Å². The van der Waals surface area contributed by atoms with E-state index in [9.17, 15) is 8.42 Å². The summed E-state index contributed by atoms with van der Waals surface area (Å²) in [5.41, 5.74) is 2.47. The lowest BCUT2D eigenvalue weighted by molar-refractivity contribution is 0.376. The first-order valence-electron chi connectivity index (χ1n) is 6.99. The van der Waals surface area contributed by atoms with Crippen molar-refractivity contribution in [2.75, 3.05) is 25.1 Å². The molecule has 1 unspecified atom stereocenters. The molecule has 3 nitrogen and oxygen atoms in total. The third kappa shape index (κ3) is 5.33. The second-order valence-corrected chi connectivity index (χ2v) is 7.87. The summed E-state index contributed by atoms with van der Waals surface area (Å²) in [6.45, 7) is 2.27. The van der Waals surface area contributed by atoms with Crippen molar-refractivity contribution >= 4 is 9.84 Å². The van der Waals surface area contributed by atoms with Crippen molar-refractivity contribution in [1.29, 1.82) is 0 Å². The number of rotatable bonds is 5. The van der Waals surface area contributed by atoms with Crippen LogP contribution in [0.3, 0.4) is 0 Å². The minimum absolute atomic E-state index is 0.235. The smallest absolute Gasteiger partial charge is 0.147 e. The van der Waals surface area contributed by atoms with Gasteiger partial charge in [0.15, 0.2) is 0 Å². The zero-order valence-electron chi connectivity index (χ0n) is 11.6. The molecule has 0 radical (unpaired) electrons. The van der Waals surface area contributed by atoms with Gasteiger partial charge in [0.1, 0.15) is 9.84 Å². The van der Waals surface area contributed by atoms with Gasteiger partial charge in [-0.05, 0) is 55.8 Å². The lowest BCUT2D eigenvalue weighted by Gasteiger charge is -2.22. The van der Waals surface area contributed by atoms with Gasteiger partial charge >= 0.3 is 0 Å². The van der Waals surface area contributed by atoms with Crippen LogP contribution in [0.2, 0.25) is 0 Å². The highest BCUT2D eigenvalue weighted by Gasteiger charge is 2.13. The van der Waals surface area contributed by atoms with Crippen molar-refractivity contribution < 1.29 is 8.42 Å². The number of piperidine rings is 1. The summed E-state index contributed by atoms with van der Waals surface area (Å²) in [7, 11) is -2.86. The minimum atomic E-state index is -2.86. The van der Waals surface area contributed by atoms with Gasteiger partial charge in [0.05, 0.1) is 5.75 Å². The van der Waals surface area contributed by atoms with Gasteiger partial charge in [-0.25, -0.2) is 8.42 Å². The highest BCUT2D eigenvalue weighted by molar-refractivity contribution is 7.90. The minimum Gasteiger partial charge on any atom is -0.316 e. The van der Waals surface area contributed by atoms with E-state index in [0.717, 1.165) is 31.0 Å². The second kappa shape index (κ2) is 6.53. The molecule has 1 fully saturated rings. The number of nitrogens with one attached hydrogen (secondary N) is 1. The number of sulfone groups is 1. The molecule has 0 amide bonds. The van der Waals surface area contributed by atoms with Crippen LogP contribution in [0.4, 0.5) is 0 Å². The molecular formula is C15H23NO2S. The van der Waals surface area contributed by atoms with E-state index in [0.29, 0.717) is 6.42 Å². The van der Waals surface area contributed by atoms with Gasteiger partial charge in [-0.3, -0.25) is 0 Å². The molecule has 1 saturated heterocycles. The SMILES string of the molecule is CS(=O)(=O)CCc1ccc(CC2CCCNC2)cc1. The number of benzene rings is 1. The first-order chi connectivity index (χ1) is 9.03. The molecule has 1 aromatic rings. The highest BCUT2D eigenvalue weighted by atomic mass is 32.2. The number of hydrogen-bond donors (Lipinski definition) is 1. The average Bonchev–Trinajstić information content (AvgIpc) is 2.38. The Bertz CT molecular complexity index is 487. The Labute approximate surface area is 116 Å². The molecule has 0 bridgehead atoms. The summed E-state index contributed by atoms with van der Waals surface area (Å²) in [5, 5.41) is 3.44. The van der Waals surface area contributed by atoms with Gasteiger partial charge in [-0.1, -0.05) is 24.3 Å². The van der Waals surface area contributed by atoms with Crippen LogP contribution >= 0.6 is 0 Å². The van der Waals surface area contributed by atoms with Crippen molar-refractivity contribution in [3.05, 3.63) is 35.4 Å². The molecule has 0 spiro atoms. The largest absolute Gasteiger partial charge is 0.316 e. The maximum absolute atomic E-state index is 11.1. The van der Waals surface area contributed by atoms with Crippen molar-refractivity contribution in [2.24, 2.45) is 5.92 Å². The summed E-state index contributed by atoms with van der Waals surface area (Å²) in [4.78, 5) is 0. The van der Waals surface area contributed by atoms with Crippen LogP contribution in [0, 0.1) is 5.92 Å². The van der Waals surface area contributed by atoms with E-state index in [-0.39, 0.29) is 5.75 Å². The monoisotopic (exact) mass is 281 g/mol. The van der Waals surface area contributed by atoms with Crippen LogP contribution in [0.15, 0.2) is 24.3 Å². The Morgan fingerprint density at radius 3 is 2.47 bits per heavy atom. The van der Waals surface area contributed by atoms with Gasteiger partial charge in [-0.2, -0.15) is 0 Å². The molecule has 19 heavy (non-hydrogen) atoms. The quantitative estimate of drug-likeness (QED) is 0.895. The Morgan fingerprint density at radius 1 is 1.21 bits per heavy atom. The molecule has 1 N–H and O–H groups in total. The summed E-state index contributed by atoms with van der Waals surface area (Å²) < 4.78 is 22.3. The fraction of sp³-hybridized carbons (Fsp3) is 0.600. The fourth-order valence-corrected chi connectivity index (χ4v) is 3.18. The third-order valence-corrected chi connectivity index (χ3v) is 4.65. The van der Waals surface area contributed by atoms with Crippen LogP contribution in [0.1, 0.15) is 24.0 Å². The average molecular weight is 281 g/mol. The molecule has 0 aliphatic carbocycles. The highest BCUT2D eigenvalue weighted by Crippen LogP contribution is 2.17. The number of aryl methyl sites for hydroxylation is 1.